The number of hydrogen-bond donors (Lipinski definition) is 3. The highest BCUT2D eigenvalue weighted by molar-refractivity contribution is 6.10. The molecule has 1 spiro atoms. The normalized spacial score (nSPS) is 21.5. The topological polar surface area (TPSA) is 111 Å². The molecule has 0 bridgehead atoms. The molecule has 1 aromatic heterocycles. The van der Waals surface area contributed by atoms with Crippen molar-refractivity contribution in [2.45, 2.75) is 55.7 Å². The van der Waals surface area contributed by atoms with Crippen molar-refractivity contribution in [1.29, 1.82) is 0 Å². The highest BCUT2D eigenvalue weighted by atomic mass is 19.4. The SMILES string of the molecule is COc1ccc2c(c1)[C@]1(C[C@H]1c1ccc3c(-c4ccc(N5C=CN(C6CCCC6)C=C5)cc4)n[nH]c3c1)C(=O)N2.O=C(O)C(F)(F)F. The lowest BCUT2D eigenvalue weighted by Gasteiger charge is -2.29. The molecular formula is C35H32F3N5O4. The minimum atomic E-state index is -5.08. The van der Waals surface area contributed by atoms with Crippen LogP contribution in [-0.2, 0) is 15.0 Å². The van der Waals surface area contributed by atoms with Crippen LogP contribution in [0.2, 0.25) is 0 Å². The van der Waals surface area contributed by atoms with Gasteiger partial charge in [-0.05, 0) is 66.8 Å². The number of aliphatic carboxylic acids is 1. The van der Waals surface area contributed by atoms with E-state index in [1.165, 1.54) is 25.7 Å². The second-order valence-corrected chi connectivity index (χ2v) is 12.2. The number of amides is 1. The average Bonchev–Trinajstić information content (AvgIpc) is 3.35. The standard InChI is InChI=1S/C33H31N5O2.C2HF3O2/c1-40-25-11-13-29-27(19-25)33(32(39)34-29)20-28(33)22-8-12-26-30(18-22)35-36-31(26)21-6-9-24(10-7-21)38-16-14-37(15-17-38)23-4-2-3-5-23;3-2(4,5)1(6)7/h6-19,23,28H,2-5,20H2,1H3,(H,34,39)(H,35,36);(H,6,7)/t28-,33-;/m0./s1. The number of halogens is 3. The van der Waals surface area contributed by atoms with Crippen molar-refractivity contribution in [2.75, 3.05) is 17.3 Å². The van der Waals surface area contributed by atoms with Crippen molar-refractivity contribution in [2.24, 2.45) is 0 Å². The third-order valence-corrected chi connectivity index (χ3v) is 9.54. The minimum Gasteiger partial charge on any atom is -0.497 e. The molecule has 1 amide bonds. The van der Waals surface area contributed by atoms with E-state index in [2.05, 4.69) is 92.6 Å². The second kappa shape index (κ2) is 11.5. The predicted octanol–water partition coefficient (Wildman–Crippen LogP) is 7.26. The summed E-state index contributed by atoms with van der Waals surface area (Å²) >= 11 is 0. The number of alkyl halides is 3. The molecule has 2 aliphatic heterocycles. The molecule has 2 saturated carbocycles. The van der Waals surface area contributed by atoms with Gasteiger partial charge in [-0.25, -0.2) is 4.79 Å². The molecule has 0 unspecified atom stereocenters. The number of aromatic nitrogens is 2. The van der Waals surface area contributed by atoms with Crippen molar-refractivity contribution in [3.05, 3.63) is 96.6 Å². The predicted molar refractivity (Wildman–Crippen MR) is 171 cm³/mol. The number of carboxylic acids is 1. The largest absolute Gasteiger partial charge is 0.497 e. The van der Waals surface area contributed by atoms with Crippen LogP contribution in [0.15, 0.2) is 85.5 Å². The number of aromatic amines is 1. The summed E-state index contributed by atoms with van der Waals surface area (Å²) < 4.78 is 37.2. The zero-order chi connectivity index (χ0) is 32.9. The smallest absolute Gasteiger partial charge is 0.490 e. The molecule has 8 rings (SSSR count). The molecule has 2 aliphatic carbocycles. The first-order chi connectivity index (χ1) is 22.6. The summed E-state index contributed by atoms with van der Waals surface area (Å²) in [5.41, 5.74) is 6.68. The molecule has 0 saturated heterocycles. The third kappa shape index (κ3) is 5.47. The number of benzene rings is 3. The van der Waals surface area contributed by atoms with Crippen LogP contribution in [0.4, 0.5) is 24.5 Å². The van der Waals surface area contributed by atoms with Gasteiger partial charge in [-0.2, -0.15) is 18.3 Å². The number of hydrogen-bond acceptors (Lipinski definition) is 6. The molecule has 2 fully saturated rings. The summed E-state index contributed by atoms with van der Waals surface area (Å²) in [4.78, 5) is 26.5. The molecule has 3 heterocycles. The molecule has 4 aromatic rings. The summed E-state index contributed by atoms with van der Waals surface area (Å²) in [6, 6.07) is 21.5. The highest BCUT2D eigenvalue weighted by Gasteiger charge is 2.65. The van der Waals surface area contributed by atoms with Crippen LogP contribution in [0.3, 0.4) is 0 Å². The second-order valence-electron chi connectivity index (χ2n) is 12.2. The van der Waals surface area contributed by atoms with Crippen LogP contribution in [0.5, 0.6) is 5.75 Å². The maximum absolute atomic E-state index is 13.1. The van der Waals surface area contributed by atoms with E-state index in [1.807, 2.05) is 18.2 Å². The summed E-state index contributed by atoms with van der Waals surface area (Å²) in [6.07, 6.45) is 9.61. The maximum atomic E-state index is 13.1. The van der Waals surface area contributed by atoms with Crippen LogP contribution in [-0.4, -0.2) is 51.4 Å². The molecule has 3 aromatic carbocycles. The van der Waals surface area contributed by atoms with Crippen LogP contribution >= 0.6 is 0 Å². The number of anilines is 2. The monoisotopic (exact) mass is 643 g/mol. The lowest BCUT2D eigenvalue weighted by atomic mass is 9.91. The van der Waals surface area contributed by atoms with Crippen molar-refractivity contribution in [1.82, 2.24) is 15.1 Å². The first-order valence-corrected chi connectivity index (χ1v) is 15.4. The molecular weight excluding hydrogens is 611 g/mol. The number of ether oxygens (including phenoxy) is 1. The van der Waals surface area contributed by atoms with Crippen molar-refractivity contribution >= 4 is 34.2 Å². The van der Waals surface area contributed by atoms with Gasteiger partial charge in [-0.3, -0.25) is 9.89 Å². The number of fused-ring (bicyclic) bond motifs is 3. The Morgan fingerprint density at radius 1 is 1.00 bits per heavy atom. The molecule has 0 radical (unpaired) electrons. The van der Waals surface area contributed by atoms with E-state index in [-0.39, 0.29) is 11.8 Å². The zero-order valence-electron chi connectivity index (χ0n) is 25.4. The van der Waals surface area contributed by atoms with Crippen LogP contribution in [0.25, 0.3) is 22.2 Å². The van der Waals surface area contributed by atoms with Gasteiger partial charge in [-0.15, -0.1) is 0 Å². The van der Waals surface area contributed by atoms with Gasteiger partial charge in [-0.1, -0.05) is 37.1 Å². The average molecular weight is 644 g/mol. The van der Waals surface area contributed by atoms with Gasteiger partial charge in [0.1, 0.15) is 5.75 Å². The Kier molecular flexibility index (Phi) is 7.45. The van der Waals surface area contributed by atoms with Crippen molar-refractivity contribution in [3.8, 4) is 17.0 Å². The van der Waals surface area contributed by atoms with Gasteiger partial charge < -0.3 is 25.0 Å². The fourth-order valence-corrected chi connectivity index (χ4v) is 6.98. The Morgan fingerprint density at radius 2 is 1.70 bits per heavy atom. The Bertz CT molecular complexity index is 1900. The highest BCUT2D eigenvalue weighted by Crippen LogP contribution is 2.65. The lowest BCUT2D eigenvalue weighted by Crippen LogP contribution is -2.27. The van der Waals surface area contributed by atoms with Gasteiger partial charge in [0.2, 0.25) is 5.91 Å². The number of H-pyrrole nitrogens is 1. The van der Waals surface area contributed by atoms with Gasteiger partial charge in [0.15, 0.2) is 0 Å². The fourth-order valence-electron chi connectivity index (χ4n) is 6.98. The van der Waals surface area contributed by atoms with Gasteiger partial charge in [0.05, 0.1) is 23.7 Å². The maximum Gasteiger partial charge on any atom is 0.490 e. The van der Waals surface area contributed by atoms with Crippen LogP contribution in [0.1, 0.15) is 49.1 Å². The molecule has 9 nitrogen and oxygen atoms in total. The van der Waals surface area contributed by atoms with Gasteiger partial charge in [0, 0.05) is 59.1 Å². The number of carboxylic acid groups (broad SMARTS) is 1. The van der Waals surface area contributed by atoms with E-state index >= 15 is 0 Å². The van der Waals surface area contributed by atoms with E-state index in [0.29, 0.717) is 6.04 Å². The van der Waals surface area contributed by atoms with E-state index in [9.17, 15) is 18.0 Å². The van der Waals surface area contributed by atoms with Gasteiger partial charge >= 0.3 is 12.1 Å². The molecule has 242 valence electrons. The zero-order valence-corrected chi connectivity index (χ0v) is 25.4. The number of carbonyl (C=O) groups is 2. The van der Waals surface area contributed by atoms with Gasteiger partial charge in [0.25, 0.3) is 0 Å². The summed E-state index contributed by atoms with van der Waals surface area (Å²) in [7, 11) is 1.66. The first-order valence-electron chi connectivity index (χ1n) is 15.4. The summed E-state index contributed by atoms with van der Waals surface area (Å²) in [6.45, 7) is 0. The van der Waals surface area contributed by atoms with Crippen molar-refractivity contribution < 1.29 is 32.6 Å². The van der Waals surface area contributed by atoms with Crippen molar-refractivity contribution in [3.63, 3.8) is 0 Å². The van der Waals surface area contributed by atoms with E-state index in [1.54, 1.807) is 7.11 Å². The molecule has 2 atom stereocenters. The van der Waals surface area contributed by atoms with E-state index < -0.39 is 17.6 Å². The number of rotatable bonds is 5. The Balaban J connectivity index is 0.000000455. The fraction of sp³-hybridized carbons (Fsp3) is 0.286. The van der Waals surface area contributed by atoms with Crippen LogP contribution in [0, 0.1) is 0 Å². The molecule has 47 heavy (non-hydrogen) atoms. The van der Waals surface area contributed by atoms with E-state index in [4.69, 9.17) is 14.6 Å². The molecule has 4 aliphatic rings. The lowest BCUT2D eigenvalue weighted by molar-refractivity contribution is -0.192. The number of nitrogens with one attached hydrogen (secondary N) is 2. The quantitative estimate of drug-likeness (QED) is 0.210. The minimum absolute atomic E-state index is 0.0795. The Morgan fingerprint density at radius 3 is 2.36 bits per heavy atom. The summed E-state index contributed by atoms with van der Waals surface area (Å²) in [5, 5.41) is 19.2. The van der Waals surface area contributed by atoms with E-state index in [0.717, 1.165) is 56.8 Å². The summed E-state index contributed by atoms with van der Waals surface area (Å²) in [5.74, 6) is -1.77. The number of methoxy groups -OCH3 is 1. The molecule has 12 heteroatoms. The Hall–Kier alpha value is -5.26. The number of nitrogens with zero attached hydrogens (tertiary/aromatic N) is 3. The van der Waals surface area contributed by atoms with Crippen LogP contribution < -0.4 is 15.0 Å². The Labute approximate surface area is 268 Å². The third-order valence-electron chi connectivity index (χ3n) is 9.54. The first kappa shape index (κ1) is 30.4. The molecule has 3 N–H and O–H groups in total. The number of carbonyl (C=O) groups excluding carboxylic acids is 1.